The van der Waals surface area contributed by atoms with Crippen molar-refractivity contribution in [3.63, 3.8) is 0 Å². The second kappa shape index (κ2) is 7.24. The molecule has 1 fully saturated rings. The summed E-state index contributed by atoms with van der Waals surface area (Å²) in [6, 6.07) is 6.17. The number of alkyl halides is 2. The number of aliphatic hydroxyl groups excluding tert-OH is 1. The van der Waals surface area contributed by atoms with Crippen LogP contribution >= 0.6 is 11.6 Å². The first-order valence-electron chi connectivity index (χ1n) is 7.08. The zero-order chi connectivity index (χ0) is 16.2. The second-order valence-corrected chi connectivity index (χ2v) is 5.71. The van der Waals surface area contributed by atoms with Crippen molar-refractivity contribution < 1.29 is 23.4 Å². The number of hydrogen-bond acceptors (Lipinski definition) is 3. The maximum Gasteiger partial charge on any atom is 0.267 e. The second-order valence-electron chi connectivity index (χ2n) is 5.30. The Kier molecular flexibility index (Phi) is 5.58. The molecular weight excluding hydrogens is 316 g/mol. The van der Waals surface area contributed by atoms with E-state index in [0.717, 1.165) is 4.90 Å². The number of amides is 1. The largest absolute Gasteiger partial charge is 0.492 e. The van der Waals surface area contributed by atoms with Gasteiger partial charge in [-0.2, -0.15) is 0 Å². The molecule has 22 heavy (non-hydrogen) atoms. The van der Waals surface area contributed by atoms with Gasteiger partial charge in [0.25, 0.3) is 5.92 Å². The van der Waals surface area contributed by atoms with Crippen LogP contribution in [0, 0.1) is 0 Å². The van der Waals surface area contributed by atoms with Crippen molar-refractivity contribution in [3.8, 4) is 5.75 Å². The van der Waals surface area contributed by atoms with Gasteiger partial charge in [0.15, 0.2) is 0 Å². The topological polar surface area (TPSA) is 49.8 Å². The Bertz CT molecular complexity index is 527. The number of ether oxygens (including phenoxy) is 1. The summed E-state index contributed by atoms with van der Waals surface area (Å²) in [7, 11) is 0. The predicted octanol–water partition coefficient (Wildman–Crippen LogP) is 2.73. The Morgan fingerprint density at radius 1 is 1.45 bits per heavy atom. The molecule has 1 aliphatic rings. The number of hydrogen-bond donors (Lipinski definition) is 1. The molecule has 1 unspecified atom stereocenters. The summed E-state index contributed by atoms with van der Waals surface area (Å²) in [5.41, 5.74) is 0. The molecule has 0 saturated carbocycles. The van der Waals surface area contributed by atoms with Crippen molar-refractivity contribution in [2.24, 2.45) is 0 Å². The molecule has 1 aliphatic heterocycles. The van der Waals surface area contributed by atoms with Crippen LogP contribution in [0.4, 0.5) is 8.78 Å². The number of para-hydroxylation sites is 1. The van der Waals surface area contributed by atoms with Crippen molar-refractivity contribution in [1.29, 1.82) is 0 Å². The van der Waals surface area contributed by atoms with E-state index in [0.29, 0.717) is 17.2 Å². The lowest BCUT2D eigenvalue weighted by molar-refractivity contribution is -0.134. The molecular formula is C15H18ClF2NO3. The molecule has 1 aromatic carbocycles. The molecule has 0 radical (unpaired) electrons. The van der Waals surface area contributed by atoms with Crippen molar-refractivity contribution in [2.75, 3.05) is 19.8 Å². The number of likely N-dealkylation sites (tertiary alicyclic amines) is 1. The van der Waals surface area contributed by atoms with E-state index in [1.165, 1.54) is 0 Å². The van der Waals surface area contributed by atoms with Crippen molar-refractivity contribution >= 4 is 17.5 Å². The maximum atomic E-state index is 13.3. The first-order chi connectivity index (χ1) is 10.4. The Morgan fingerprint density at radius 2 is 2.18 bits per heavy atom. The number of aliphatic hydroxyl groups is 1. The third-order valence-corrected chi connectivity index (χ3v) is 3.85. The summed E-state index contributed by atoms with van der Waals surface area (Å²) in [6.45, 7) is -0.802. The van der Waals surface area contributed by atoms with Gasteiger partial charge in [0.1, 0.15) is 5.75 Å². The molecule has 0 spiro atoms. The number of halogens is 3. The van der Waals surface area contributed by atoms with Gasteiger partial charge in [0.05, 0.1) is 30.8 Å². The average molecular weight is 334 g/mol. The number of carbonyl (C=O) groups is 1. The van der Waals surface area contributed by atoms with Gasteiger partial charge in [-0.1, -0.05) is 23.7 Å². The lowest BCUT2D eigenvalue weighted by Crippen LogP contribution is -2.38. The molecule has 0 aliphatic carbocycles. The van der Waals surface area contributed by atoms with E-state index in [2.05, 4.69) is 0 Å². The van der Waals surface area contributed by atoms with Gasteiger partial charge in [0, 0.05) is 12.8 Å². The quantitative estimate of drug-likeness (QED) is 0.814. The van der Waals surface area contributed by atoms with E-state index >= 15 is 0 Å². The molecule has 1 atom stereocenters. The van der Waals surface area contributed by atoms with Crippen molar-refractivity contribution in [2.45, 2.75) is 31.2 Å². The van der Waals surface area contributed by atoms with E-state index < -0.39 is 31.5 Å². The fraction of sp³-hybridized carbons (Fsp3) is 0.533. The molecule has 1 N–H and O–H groups in total. The monoisotopic (exact) mass is 333 g/mol. The fourth-order valence-electron chi connectivity index (χ4n) is 2.46. The molecule has 122 valence electrons. The van der Waals surface area contributed by atoms with Gasteiger partial charge in [-0.05, 0) is 18.6 Å². The van der Waals surface area contributed by atoms with E-state index in [-0.39, 0.29) is 18.9 Å². The Labute approximate surface area is 132 Å². The highest BCUT2D eigenvalue weighted by Gasteiger charge is 2.46. The minimum Gasteiger partial charge on any atom is -0.492 e. The SMILES string of the molecule is O=C(CCCOc1ccccc1Cl)N1CC(F)(F)CC1CO. The summed E-state index contributed by atoms with van der Waals surface area (Å²) in [4.78, 5) is 13.0. The van der Waals surface area contributed by atoms with Gasteiger partial charge in [-0.15, -0.1) is 0 Å². The minimum atomic E-state index is -2.92. The zero-order valence-corrected chi connectivity index (χ0v) is 12.7. The van der Waals surface area contributed by atoms with Crippen LogP contribution < -0.4 is 4.74 Å². The van der Waals surface area contributed by atoms with Crippen LogP contribution in [-0.4, -0.2) is 47.6 Å². The van der Waals surface area contributed by atoms with Crippen LogP contribution in [0.2, 0.25) is 5.02 Å². The van der Waals surface area contributed by atoms with E-state index in [9.17, 15) is 13.6 Å². The van der Waals surface area contributed by atoms with Crippen molar-refractivity contribution in [1.82, 2.24) is 4.90 Å². The molecule has 1 heterocycles. The maximum absolute atomic E-state index is 13.3. The molecule has 0 aromatic heterocycles. The van der Waals surface area contributed by atoms with Crippen LogP contribution in [-0.2, 0) is 4.79 Å². The zero-order valence-electron chi connectivity index (χ0n) is 12.0. The molecule has 1 saturated heterocycles. The highest BCUT2D eigenvalue weighted by molar-refractivity contribution is 6.32. The smallest absolute Gasteiger partial charge is 0.267 e. The minimum absolute atomic E-state index is 0.0943. The Balaban J connectivity index is 1.77. The predicted molar refractivity (Wildman–Crippen MR) is 78.3 cm³/mol. The van der Waals surface area contributed by atoms with Crippen LogP contribution in [0.15, 0.2) is 24.3 Å². The van der Waals surface area contributed by atoms with E-state index in [4.69, 9.17) is 21.4 Å². The number of rotatable bonds is 6. The third-order valence-electron chi connectivity index (χ3n) is 3.54. The van der Waals surface area contributed by atoms with Crippen LogP contribution in [0.1, 0.15) is 19.3 Å². The summed E-state index contributed by atoms with van der Waals surface area (Å²) in [6.07, 6.45) is 0.00662. The highest BCUT2D eigenvalue weighted by atomic mass is 35.5. The van der Waals surface area contributed by atoms with E-state index in [1.54, 1.807) is 24.3 Å². The Morgan fingerprint density at radius 3 is 2.86 bits per heavy atom. The van der Waals surface area contributed by atoms with E-state index in [1.807, 2.05) is 0 Å². The van der Waals surface area contributed by atoms with Gasteiger partial charge in [-0.25, -0.2) is 8.78 Å². The number of benzene rings is 1. The number of nitrogens with zero attached hydrogens (tertiary/aromatic N) is 1. The number of carbonyl (C=O) groups excluding carboxylic acids is 1. The van der Waals surface area contributed by atoms with Crippen LogP contribution in [0.3, 0.4) is 0 Å². The molecule has 1 aromatic rings. The fourth-order valence-corrected chi connectivity index (χ4v) is 2.65. The first-order valence-corrected chi connectivity index (χ1v) is 7.46. The molecule has 1 amide bonds. The Hall–Kier alpha value is -1.40. The average Bonchev–Trinajstić information content (AvgIpc) is 2.80. The summed E-state index contributed by atoms with van der Waals surface area (Å²) in [5.74, 6) is -2.78. The summed E-state index contributed by atoms with van der Waals surface area (Å²) < 4.78 is 32.0. The lowest BCUT2D eigenvalue weighted by atomic mass is 10.2. The molecule has 0 bridgehead atoms. The molecule has 2 rings (SSSR count). The normalized spacial score (nSPS) is 20.2. The van der Waals surface area contributed by atoms with Gasteiger partial charge in [-0.3, -0.25) is 4.79 Å². The van der Waals surface area contributed by atoms with Gasteiger partial charge in [0.2, 0.25) is 5.91 Å². The van der Waals surface area contributed by atoms with Gasteiger partial charge < -0.3 is 14.7 Å². The summed E-state index contributed by atoms with van der Waals surface area (Å²) in [5, 5.41) is 9.58. The third kappa shape index (κ3) is 4.30. The van der Waals surface area contributed by atoms with Gasteiger partial charge >= 0.3 is 0 Å². The van der Waals surface area contributed by atoms with Crippen LogP contribution in [0.25, 0.3) is 0 Å². The highest BCUT2D eigenvalue weighted by Crippen LogP contribution is 2.32. The standard InChI is InChI=1S/C15H18ClF2NO3/c16-12-4-1-2-5-13(12)22-7-3-6-14(21)19-10-15(17,18)8-11(19)9-20/h1-2,4-5,11,20H,3,6-10H2. The molecule has 4 nitrogen and oxygen atoms in total. The summed E-state index contributed by atoms with van der Waals surface area (Å²) >= 11 is 5.93. The lowest BCUT2D eigenvalue weighted by Gasteiger charge is -2.22. The first kappa shape index (κ1) is 17.0. The van der Waals surface area contributed by atoms with Crippen LogP contribution in [0.5, 0.6) is 5.75 Å². The molecule has 7 heteroatoms. The van der Waals surface area contributed by atoms with Crippen molar-refractivity contribution in [3.05, 3.63) is 29.3 Å².